The van der Waals surface area contributed by atoms with Crippen LogP contribution in [0, 0.1) is 11.6 Å². The molecule has 1 aromatic heterocycles. The van der Waals surface area contributed by atoms with Gasteiger partial charge in [-0.25, -0.2) is 17.2 Å². The number of rotatable bonds is 8. The van der Waals surface area contributed by atoms with E-state index in [1.807, 2.05) is 30.3 Å². The van der Waals surface area contributed by atoms with Crippen molar-refractivity contribution in [1.82, 2.24) is 4.90 Å². The molecule has 1 aliphatic rings. The number of hydrogen-bond acceptors (Lipinski definition) is 5. The first-order valence-corrected chi connectivity index (χ1v) is 16.3. The molecule has 3 aromatic carbocycles. The summed E-state index contributed by atoms with van der Waals surface area (Å²) in [6.07, 6.45) is 5.75. The van der Waals surface area contributed by atoms with E-state index in [2.05, 4.69) is 4.72 Å². The highest BCUT2D eigenvalue weighted by molar-refractivity contribution is 7.92. The fraction of sp³-hybridized carbons (Fsp3) is 0.300. The summed E-state index contributed by atoms with van der Waals surface area (Å²) in [5.41, 5.74) is 2.91. The number of carbonyl (C=O) groups excluding carboxylic acids is 1. The van der Waals surface area contributed by atoms with Crippen LogP contribution >= 0.6 is 22.9 Å². The van der Waals surface area contributed by atoms with Gasteiger partial charge in [-0.05, 0) is 60.4 Å². The predicted molar refractivity (Wildman–Crippen MR) is 160 cm³/mol. The Balaban J connectivity index is 1.52. The number of amides is 1. The molecular weight excluding hydrogens is 590 g/mol. The summed E-state index contributed by atoms with van der Waals surface area (Å²) in [7, 11) is -1.84. The topological polar surface area (TPSA) is 75.7 Å². The van der Waals surface area contributed by atoms with Crippen LogP contribution in [0.5, 0.6) is 5.75 Å². The van der Waals surface area contributed by atoms with Crippen LogP contribution in [-0.4, -0.2) is 38.6 Å². The van der Waals surface area contributed by atoms with Gasteiger partial charge in [0, 0.05) is 23.8 Å². The molecule has 0 atom stereocenters. The number of sulfonamides is 1. The first-order valence-electron chi connectivity index (χ1n) is 13.2. The monoisotopic (exact) mass is 618 g/mol. The molecule has 1 amide bonds. The van der Waals surface area contributed by atoms with Crippen LogP contribution in [0.2, 0.25) is 5.02 Å². The lowest BCUT2D eigenvalue weighted by atomic mass is 9.93. The Morgan fingerprint density at radius 2 is 1.68 bits per heavy atom. The molecule has 6 nitrogen and oxygen atoms in total. The number of anilines is 1. The maximum absolute atomic E-state index is 14.6. The van der Waals surface area contributed by atoms with Crippen LogP contribution in [0.4, 0.5) is 14.5 Å². The van der Waals surface area contributed by atoms with Gasteiger partial charge in [0.2, 0.25) is 10.0 Å². The second-order valence-electron chi connectivity index (χ2n) is 10.2. The van der Waals surface area contributed by atoms with E-state index in [-0.39, 0.29) is 38.5 Å². The van der Waals surface area contributed by atoms with Gasteiger partial charge < -0.3 is 9.64 Å². The summed E-state index contributed by atoms with van der Waals surface area (Å²) in [6, 6.07) is 14.6. The highest BCUT2D eigenvalue weighted by Crippen LogP contribution is 2.40. The SMILES string of the molecule is COc1ccc(-c2ccc(NS(C)(=O)=O)cc2)cc1CN(C(=O)c1sc2c(F)ccc(F)c2c1Cl)C1CCCCC1. The highest BCUT2D eigenvalue weighted by atomic mass is 35.5. The molecule has 1 aliphatic carbocycles. The van der Waals surface area contributed by atoms with Crippen LogP contribution in [-0.2, 0) is 16.6 Å². The van der Waals surface area contributed by atoms with Crippen LogP contribution in [0.3, 0.4) is 0 Å². The molecule has 5 rings (SSSR count). The number of ether oxygens (including phenoxy) is 1. The van der Waals surface area contributed by atoms with Crippen molar-refractivity contribution in [2.75, 3.05) is 18.1 Å². The smallest absolute Gasteiger partial charge is 0.266 e. The molecule has 216 valence electrons. The first-order chi connectivity index (χ1) is 19.6. The number of nitrogens with one attached hydrogen (secondary N) is 1. The summed E-state index contributed by atoms with van der Waals surface area (Å²) in [6.45, 7) is 0.212. The van der Waals surface area contributed by atoms with Crippen molar-refractivity contribution in [3.63, 3.8) is 0 Å². The third-order valence-electron chi connectivity index (χ3n) is 7.29. The Morgan fingerprint density at radius 1 is 1.02 bits per heavy atom. The second-order valence-corrected chi connectivity index (χ2v) is 13.3. The van der Waals surface area contributed by atoms with E-state index in [0.717, 1.165) is 78.5 Å². The minimum atomic E-state index is -3.40. The van der Waals surface area contributed by atoms with Crippen molar-refractivity contribution in [3.05, 3.63) is 81.7 Å². The number of halogens is 3. The summed E-state index contributed by atoms with van der Waals surface area (Å²) < 4.78 is 60.4. The Morgan fingerprint density at radius 3 is 2.32 bits per heavy atom. The molecule has 1 saturated carbocycles. The number of thiophene rings is 1. The summed E-state index contributed by atoms with van der Waals surface area (Å²) in [4.78, 5) is 15.9. The number of methoxy groups -OCH3 is 1. The zero-order valence-electron chi connectivity index (χ0n) is 22.5. The quantitative estimate of drug-likeness (QED) is 0.218. The third kappa shape index (κ3) is 6.34. The summed E-state index contributed by atoms with van der Waals surface area (Å²) >= 11 is 7.39. The second kappa shape index (κ2) is 12.0. The number of hydrogen-bond donors (Lipinski definition) is 1. The lowest BCUT2D eigenvalue weighted by molar-refractivity contribution is 0.0618. The van der Waals surface area contributed by atoms with E-state index < -0.39 is 21.7 Å². The Bertz CT molecular complexity index is 1700. The van der Waals surface area contributed by atoms with Gasteiger partial charge in [0.1, 0.15) is 22.3 Å². The number of fused-ring (bicyclic) bond motifs is 1. The highest BCUT2D eigenvalue weighted by Gasteiger charge is 2.31. The number of nitrogens with zero attached hydrogens (tertiary/aromatic N) is 1. The molecule has 0 unspecified atom stereocenters. The third-order valence-corrected chi connectivity index (χ3v) is 9.58. The Kier molecular flexibility index (Phi) is 8.54. The van der Waals surface area contributed by atoms with Crippen molar-refractivity contribution >= 4 is 54.6 Å². The van der Waals surface area contributed by atoms with Crippen molar-refractivity contribution in [3.8, 4) is 16.9 Å². The average Bonchev–Trinajstić information content (AvgIpc) is 3.31. The van der Waals surface area contributed by atoms with E-state index in [9.17, 15) is 22.0 Å². The maximum atomic E-state index is 14.6. The molecule has 0 aliphatic heterocycles. The fourth-order valence-corrected chi connectivity index (χ4v) is 7.40. The van der Waals surface area contributed by atoms with E-state index in [1.165, 1.54) is 0 Å². The number of carbonyl (C=O) groups is 1. The Labute approximate surface area is 246 Å². The molecule has 4 aromatic rings. The molecule has 1 heterocycles. The fourth-order valence-electron chi connectivity index (χ4n) is 5.34. The average molecular weight is 619 g/mol. The molecule has 0 radical (unpaired) electrons. The largest absolute Gasteiger partial charge is 0.496 e. The van der Waals surface area contributed by atoms with Gasteiger partial charge >= 0.3 is 0 Å². The van der Waals surface area contributed by atoms with E-state index >= 15 is 0 Å². The van der Waals surface area contributed by atoms with Crippen LogP contribution < -0.4 is 9.46 Å². The lowest BCUT2D eigenvalue weighted by Gasteiger charge is -2.34. The standard InChI is InChI=1S/C30H29ClF2N2O4S2/c1-39-25-15-10-19(18-8-11-21(12-9-18)34-41(2,37)38)16-20(25)17-35(22-6-4-3-5-7-22)30(36)29-27(31)26-23(32)13-14-24(33)28(26)40-29/h8-16,22,34H,3-7,17H2,1-2H3. The molecule has 0 saturated heterocycles. The van der Waals surface area contributed by atoms with E-state index in [1.54, 1.807) is 24.1 Å². The predicted octanol–water partition coefficient (Wildman–Crippen LogP) is 7.86. The minimum absolute atomic E-state index is 0.0235. The van der Waals surface area contributed by atoms with Crippen molar-refractivity contribution in [2.24, 2.45) is 0 Å². The van der Waals surface area contributed by atoms with Gasteiger partial charge in [0.15, 0.2) is 0 Å². The van der Waals surface area contributed by atoms with Gasteiger partial charge in [-0.2, -0.15) is 0 Å². The molecule has 11 heteroatoms. The van der Waals surface area contributed by atoms with E-state index in [0.29, 0.717) is 11.4 Å². The molecule has 41 heavy (non-hydrogen) atoms. The summed E-state index contributed by atoms with van der Waals surface area (Å²) in [5, 5.41) is -0.145. The van der Waals surface area contributed by atoms with E-state index in [4.69, 9.17) is 16.3 Å². The van der Waals surface area contributed by atoms with Crippen molar-refractivity contribution in [2.45, 2.75) is 44.7 Å². The van der Waals surface area contributed by atoms with Gasteiger partial charge in [0.25, 0.3) is 5.91 Å². The van der Waals surface area contributed by atoms with Crippen LogP contribution in [0.15, 0.2) is 54.6 Å². The molecule has 0 bridgehead atoms. The minimum Gasteiger partial charge on any atom is -0.496 e. The Hall–Kier alpha value is -3.21. The molecule has 1 N–H and O–H groups in total. The van der Waals surface area contributed by atoms with Gasteiger partial charge in [0.05, 0.1) is 28.5 Å². The molecular formula is C30H29ClF2N2O4S2. The van der Waals surface area contributed by atoms with Crippen molar-refractivity contribution in [1.29, 1.82) is 0 Å². The van der Waals surface area contributed by atoms with Gasteiger partial charge in [-0.15, -0.1) is 11.3 Å². The van der Waals surface area contributed by atoms with Crippen LogP contribution in [0.25, 0.3) is 21.2 Å². The summed E-state index contributed by atoms with van der Waals surface area (Å²) in [5.74, 6) is -1.07. The van der Waals surface area contributed by atoms with Crippen molar-refractivity contribution < 1.29 is 26.7 Å². The van der Waals surface area contributed by atoms with Gasteiger partial charge in [-0.3, -0.25) is 9.52 Å². The maximum Gasteiger partial charge on any atom is 0.266 e. The molecule has 0 spiro atoms. The van der Waals surface area contributed by atoms with Crippen LogP contribution in [0.1, 0.15) is 47.3 Å². The zero-order chi connectivity index (χ0) is 29.3. The first kappa shape index (κ1) is 29.3. The van der Waals surface area contributed by atoms with Gasteiger partial charge in [-0.1, -0.05) is 49.1 Å². The molecule has 1 fully saturated rings. The zero-order valence-corrected chi connectivity index (χ0v) is 24.9. The lowest BCUT2D eigenvalue weighted by Crippen LogP contribution is -2.40. The number of benzene rings is 3. The normalized spacial score (nSPS) is 14.3.